The number of nitrogens with zero attached hydrogens (tertiary/aromatic N) is 3. The van der Waals surface area contributed by atoms with E-state index in [4.69, 9.17) is 16.3 Å². The lowest BCUT2D eigenvalue weighted by atomic mass is 9.99. The molecule has 1 N–H and O–H groups in total. The summed E-state index contributed by atoms with van der Waals surface area (Å²) >= 11 is 5.96. The standard InChI is InChI=1S/C25H25ClN4O2/c1-4-16(2)18-5-11-21(12-6-18)32-15-25(31)27-22-14-24-23(13-17(22)3)28-30(29-24)20-9-7-19(26)8-10-20/h5-14,16H,4,15H2,1-3H3,(H,27,31). The fourth-order valence-electron chi connectivity index (χ4n) is 3.36. The van der Waals surface area contributed by atoms with Crippen LogP contribution < -0.4 is 10.1 Å². The molecule has 0 fully saturated rings. The molecule has 1 aromatic heterocycles. The molecule has 1 heterocycles. The van der Waals surface area contributed by atoms with Crippen LogP contribution in [0.3, 0.4) is 0 Å². The zero-order chi connectivity index (χ0) is 22.7. The van der Waals surface area contributed by atoms with Gasteiger partial charge in [-0.1, -0.05) is 37.6 Å². The summed E-state index contributed by atoms with van der Waals surface area (Å²) < 4.78 is 5.65. The number of rotatable bonds is 7. The van der Waals surface area contributed by atoms with Gasteiger partial charge in [-0.2, -0.15) is 4.80 Å². The molecular weight excluding hydrogens is 424 g/mol. The third kappa shape index (κ3) is 4.92. The van der Waals surface area contributed by atoms with Crippen molar-refractivity contribution in [3.05, 3.63) is 76.8 Å². The van der Waals surface area contributed by atoms with Crippen LogP contribution in [-0.2, 0) is 4.79 Å². The molecule has 4 aromatic rings. The molecule has 0 bridgehead atoms. The minimum absolute atomic E-state index is 0.0718. The Balaban J connectivity index is 1.43. The number of anilines is 1. The van der Waals surface area contributed by atoms with Gasteiger partial charge in [-0.05, 0) is 78.9 Å². The third-order valence-corrected chi connectivity index (χ3v) is 5.74. The summed E-state index contributed by atoms with van der Waals surface area (Å²) in [6.45, 7) is 6.20. The number of hydrogen-bond acceptors (Lipinski definition) is 4. The third-order valence-electron chi connectivity index (χ3n) is 5.49. The largest absolute Gasteiger partial charge is 0.484 e. The number of nitrogens with one attached hydrogen (secondary N) is 1. The molecule has 7 heteroatoms. The molecule has 0 saturated carbocycles. The molecule has 0 aliphatic rings. The van der Waals surface area contributed by atoms with E-state index in [1.165, 1.54) is 5.56 Å². The highest BCUT2D eigenvalue weighted by atomic mass is 35.5. The van der Waals surface area contributed by atoms with E-state index in [1.807, 2.05) is 55.5 Å². The molecule has 0 aliphatic carbocycles. The van der Waals surface area contributed by atoms with Gasteiger partial charge in [0.15, 0.2) is 6.61 Å². The number of carbonyl (C=O) groups is 1. The fraction of sp³-hybridized carbons (Fsp3) is 0.240. The Hall–Kier alpha value is -3.38. The van der Waals surface area contributed by atoms with Crippen molar-refractivity contribution in [2.24, 2.45) is 0 Å². The first-order valence-electron chi connectivity index (χ1n) is 10.6. The maximum absolute atomic E-state index is 12.5. The zero-order valence-electron chi connectivity index (χ0n) is 18.3. The van der Waals surface area contributed by atoms with Gasteiger partial charge in [-0.3, -0.25) is 4.79 Å². The van der Waals surface area contributed by atoms with E-state index < -0.39 is 0 Å². The normalized spacial score (nSPS) is 12.0. The number of amides is 1. The summed E-state index contributed by atoms with van der Waals surface area (Å²) in [5.41, 5.74) is 5.07. The van der Waals surface area contributed by atoms with E-state index in [9.17, 15) is 4.79 Å². The van der Waals surface area contributed by atoms with Gasteiger partial charge < -0.3 is 10.1 Å². The van der Waals surface area contributed by atoms with Gasteiger partial charge in [0.2, 0.25) is 0 Å². The zero-order valence-corrected chi connectivity index (χ0v) is 19.1. The highest BCUT2D eigenvalue weighted by Gasteiger charge is 2.12. The highest BCUT2D eigenvalue weighted by Crippen LogP contribution is 2.24. The first-order chi connectivity index (χ1) is 15.4. The number of ether oxygens (including phenoxy) is 1. The summed E-state index contributed by atoms with van der Waals surface area (Å²) in [5.74, 6) is 0.941. The van der Waals surface area contributed by atoms with Gasteiger partial charge in [-0.15, -0.1) is 10.2 Å². The van der Waals surface area contributed by atoms with Gasteiger partial charge >= 0.3 is 0 Å². The Morgan fingerprint density at radius 2 is 1.72 bits per heavy atom. The molecule has 1 amide bonds. The number of carbonyl (C=O) groups excluding carboxylic acids is 1. The Morgan fingerprint density at radius 3 is 2.38 bits per heavy atom. The lowest BCUT2D eigenvalue weighted by Gasteiger charge is -2.11. The van der Waals surface area contributed by atoms with Crippen LogP contribution in [0.25, 0.3) is 16.7 Å². The second-order valence-electron chi connectivity index (χ2n) is 7.84. The lowest BCUT2D eigenvalue weighted by Crippen LogP contribution is -2.20. The predicted molar refractivity (Wildman–Crippen MR) is 128 cm³/mol. The van der Waals surface area contributed by atoms with Gasteiger partial charge in [0.25, 0.3) is 5.91 Å². The smallest absolute Gasteiger partial charge is 0.262 e. The Morgan fingerprint density at radius 1 is 1.06 bits per heavy atom. The van der Waals surface area contributed by atoms with E-state index in [1.54, 1.807) is 16.9 Å². The van der Waals surface area contributed by atoms with E-state index in [-0.39, 0.29) is 12.5 Å². The first kappa shape index (κ1) is 21.8. The van der Waals surface area contributed by atoms with Crippen LogP contribution in [0.4, 0.5) is 5.69 Å². The number of aromatic nitrogens is 3. The molecule has 32 heavy (non-hydrogen) atoms. The highest BCUT2D eigenvalue weighted by molar-refractivity contribution is 6.30. The maximum Gasteiger partial charge on any atom is 0.262 e. The molecular formula is C25H25ClN4O2. The average Bonchev–Trinajstić information content (AvgIpc) is 3.20. The van der Waals surface area contributed by atoms with Crippen LogP contribution in [0.5, 0.6) is 5.75 Å². The summed E-state index contributed by atoms with van der Waals surface area (Å²) in [7, 11) is 0. The van der Waals surface area contributed by atoms with E-state index in [0.717, 1.165) is 23.2 Å². The predicted octanol–water partition coefficient (Wildman–Crippen LogP) is 5.91. The van der Waals surface area contributed by atoms with E-state index in [2.05, 4.69) is 29.4 Å². The van der Waals surface area contributed by atoms with E-state index >= 15 is 0 Å². The van der Waals surface area contributed by atoms with Crippen LogP contribution in [0.1, 0.15) is 37.3 Å². The second kappa shape index (κ2) is 9.40. The van der Waals surface area contributed by atoms with Crippen LogP contribution in [0, 0.1) is 6.92 Å². The van der Waals surface area contributed by atoms with Crippen LogP contribution in [-0.4, -0.2) is 27.5 Å². The Kier molecular flexibility index (Phi) is 6.42. The second-order valence-corrected chi connectivity index (χ2v) is 8.27. The van der Waals surface area contributed by atoms with Gasteiger partial charge in [0.1, 0.15) is 16.8 Å². The number of fused-ring (bicyclic) bond motifs is 1. The van der Waals surface area contributed by atoms with Crippen molar-refractivity contribution in [2.75, 3.05) is 11.9 Å². The topological polar surface area (TPSA) is 69.0 Å². The first-order valence-corrected chi connectivity index (χ1v) is 11.0. The minimum Gasteiger partial charge on any atom is -0.484 e. The van der Waals surface area contributed by atoms with Gasteiger partial charge in [-0.25, -0.2) is 0 Å². The summed E-state index contributed by atoms with van der Waals surface area (Å²) in [6.07, 6.45) is 1.08. The van der Waals surface area contributed by atoms with Crippen molar-refractivity contribution in [3.8, 4) is 11.4 Å². The molecule has 3 aromatic carbocycles. The number of halogens is 1. The van der Waals surface area contributed by atoms with Gasteiger partial charge in [0.05, 0.1) is 5.69 Å². The van der Waals surface area contributed by atoms with Crippen molar-refractivity contribution < 1.29 is 9.53 Å². The molecule has 0 radical (unpaired) electrons. The van der Waals surface area contributed by atoms with Crippen LogP contribution in [0.15, 0.2) is 60.7 Å². The molecule has 0 aliphatic heterocycles. The lowest BCUT2D eigenvalue weighted by molar-refractivity contribution is -0.118. The Labute approximate surface area is 192 Å². The monoisotopic (exact) mass is 448 g/mol. The van der Waals surface area contributed by atoms with Crippen molar-refractivity contribution >= 4 is 34.2 Å². The molecule has 4 rings (SSSR count). The fourth-order valence-corrected chi connectivity index (χ4v) is 3.48. The average molecular weight is 449 g/mol. The summed E-state index contributed by atoms with van der Waals surface area (Å²) in [4.78, 5) is 14.0. The Bertz CT molecular complexity index is 1230. The number of aryl methyl sites for hydroxylation is 1. The van der Waals surface area contributed by atoms with Crippen LogP contribution in [0.2, 0.25) is 5.02 Å². The molecule has 0 saturated heterocycles. The molecule has 6 nitrogen and oxygen atoms in total. The molecule has 164 valence electrons. The van der Waals surface area contributed by atoms with Crippen molar-refractivity contribution in [2.45, 2.75) is 33.1 Å². The SMILES string of the molecule is CCC(C)c1ccc(OCC(=O)Nc2cc3nn(-c4ccc(Cl)cc4)nc3cc2C)cc1. The molecule has 0 spiro atoms. The summed E-state index contributed by atoms with van der Waals surface area (Å²) in [5, 5.41) is 12.6. The summed E-state index contributed by atoms with van der Waals surface area (Å²) in [6, 6.07) is 18.9. The molecule has 1 unspecified atom stereocenters. The van der Waals surface area contributed by atoms with Gasteiger partial charge in [0, 0.05) is 10.7 Å². The van der Waals surface area contributed by atoms with Crippen LogP contribution >= 0.6 is 11.6 Å². The van der Waals surface area contributed by atoms with Crippen molar-refractivity contribution in [1.29, 1.82) is 0 Å². The maximum atomic E-state index is 12.5. The number of benzene rings is 3. The number of hydrogen-bond donors (Lipinski definition) is 1. The van der Waals surface area contributed by atoms with Crippen molar-refractivity contribution in [3.63, 3.8) is 0 Å². The quantitative estimate of drug-likeness (QED) is 0.381. The van der Waals surface area contributed by atoms with E-state index in [0.29, 0.717) is 27.9 Å². The van der Waals surface area contributed by atoms with Crippen molar-refractivity contribution in [1.82, 2.24) is 15.0 Å². The molecule has 1 atom stereocenters. The minimum atomic E-state index is -0.233.